The van der Waals surface area contributed by atoms with Gasteiger partial charge in [0.05, 0.1) is 6.10 Å². The molecular formula is C9H13NO. The molecular weight excluding hydrogens is 138 g/mol. The highest BCUT2D eigenvalue weighted by atomic mass is 16.3. The number of hydrogen-bond acceptors (Lipinski definition) is 1. The summed E-state index contributed by atoms with van der Waals surface area (Å²) in [5.41, 5.74) is 3.03. The summed E-state index contributed by atoms with van der Waals surface area (Å²) < 4.78 is 0. The third-order valence-corrected chi connectivity index (χ3v) is 1.85. The second-order valence-electron chi connectivity index (χ2n) is 2.69. The maximum atomic E-state index is 9.44. The number of aromatic amines is 1. The minimum absolute atomic E-state index is 0.541. The fraction of sp³-hybridized carbons (Fsp3) is 0.333. The second kappa shape index (κ2) is 2.93. The van der Waals surface area contributed by atoms with Crippen molar-refractivity contribution in [3.05, 3.63) is 35.7 Å². The summed E-state index contributed by atoms with van der Waals surface area (Å²) in [4.78, 5) is 3.04. The van der Waals surface area contributed by atoms with Crippen LogP contribution in [0.4, 0.5) is 0 Å². The predicted molar refractivity (Wildman–Crippen MR) is 45.4 cm³/mol. The first-order valence-electron chi connectivity index (χ1n) is 3.62. The number of H-pyrrole nitrogens is 1. The van der Waals surface area contributed by atoms with Crippen LogP contribution >= 0.6 is 0 Å². The van der Waals surface area contributed by atoms with Gasteiger partial charge in [-0.1, -0.05) is 6.08 Å². The molecule has 0 amide bonds. The molecule has 2 N–H and O–H groups in total. The minimum Gasteiger partial charge on any atom is -0.384 e. The zero-order chi connectivity index (χ0) is 8.43. The molecule has 1 aromatic heterocycles. The molecule has 2 heteroatoms. The molecule has 0 aliphatic carbocycles. The predicted octanol–water partition coefficient (Wildman–Crippen LogP) is 1.85. The van der Waals surface area contributed by atoms with Crippen LogP contribution in [-0.4, -0.2) is 10.1 Å². The number of aliphatic hydroxyl groups excluding tert-OH is 1. The van der Waals surface area contributed by atoms with Crippen LogP contribution < -0.4 is 0 Å². The van der Waals surface area contributed by atoms with Crippen LogP contribution in [0.25, 0.3) is 0 Å². The highest BCUT2D eigenvalue weighted by Crippen LogP contribution is 2.21. The molecule has 1 heterocycles. The van der Waals surface area contributed by atoms with E-state index in [0.717, 1.165) is 16.8 Å². The average Bonchev–Trinajstić information content (AvgIpc) is 2.30. The van der Waals surface area contributed by atoms with Crippen LogP contribution in [-0.2, 0) is 0 Å². The summed E-state index contributed by atoms with van der Waals surface area (Å²) >= 11 is 0. The Hall–Kier alpha value is -1.02. The van der Waals surface area contributed by atoms with Crippen molar-refractivity contribution in [2.24, 2.45) is 0 Å². The average molecular weight is 151 g/mol. The normalized spacial score (nSPS) is 13.0. The molecule has 1 aromatic rings. The van der Waals surface area contributed by atoms with E-state index in [4.69, 9.17) is 0 Å². The van der Waals surface area contributed by atoms with Gasteiger partial charge in [0.2, 0.25) is 0 Å². The monoisotopic (exact) mass is 151 g/mol. The first-order valence-corrected chi connectivity index (χ1v) is 3.62. The van der Waals surface area contributed by atoms with E-state index < -0.39 is 6.10 Å². The molecule has 0 aliphatic heterocycles. The SMILES string of the molecule is C=CC(O)c1c(C)c[nH]c1C. The van der Waals surface area contributed by atoms with Gasteiger partial charge in [-0.15, -0.1) is 6.58 Å². The zero-order valence-corrected chi connectivity index (χ0v) is 6.89. The van der Waals surface area contributed by atoms with Crippen LogP contribution in [0, 0.1) is 13.8 Å². The van der Waals surface area contributed by atoms with Crippen molar-refractivity contribution in [3.63, 3.8) is 0 Å². The second-order valence-corrected chi connectivity index (χ2v) is 2.69. The van der Waals surface area contributed by atoms with Crippen molar-refractivity contribution in [1.29, 1.82) is 0 Å². The van der Waals surface area contributed by atoms with Gasteiger partial charge in [-0.2, -0.15) is 0 Å². The van der Waals surface area contributed by atoms with Gasteiger partial charge in [0.15, 0.2) is 0 Å². The van der Waals surface area contributed by atoms with Crippen molar-refractivity contribution in [3.8, 4) is 0 Å². The number of aromatic nitrogens is 1. The number of aryl methyl sites for hydroxylation is 2. The molecule has 0 bridgehead atoms. The van der Waals surface area contributed by atoms with Gasteiger partial charge in [-0.05, 0) is 19.4 Å². The summed E-state index contributed by atoms with van der Waals surface area (Å²) in [7, 11) is 0. The Bertz CT molecular complexity index is 243. The molecule has 0 saturated heterocycles. The topological polar surface area (TPSA) is 36.0 Å². The molecule has 0 fully saturated rings. The van der Waals surface area contributed by atoms with E-state index in [-0.39, 0.29) is 0 Å². The van der Waals surface area contributed by atoms with Crippen LogP contribution in [0.3, 0.4) is 0 Å². The van der Waals surface area contributed by atoms with E-state index in [2.05, 4.69) is 11.6 Å². The van der Waals surface area contributed by atoms with Crippen LogP contribution in [0.15, 0.2) is 18.9 Å². The lowest BCUT2D eigenvalue weighted by Gasteiger charge is -2.05. The molecule has 1 rings (SSSR count). The summed E-state index contributed by atoms with van der Waals surface area (Å²) in [6, 6.07) is 0. The lowest BCUT2D eigenvalue weighted by atomic mass is 10.1. The van der Waals surface area contributed by atoms with Gasteiger partial charge in [0, 0.05) is 17.5 Å². The van der Waals surface area contributed by atoms with Crippen LogP contribution in [0.2, 0.25) is 0 Å². The van der Waals surface area contributed by atoms with E-state index in [1.54, 1.807) is 0 Å². The third-order valence-electron chi connectivity index (χ3n) is 1.85. The Kier molecular flexibility index (Phi) is 2.15. The van der Waals surface area contributed by atoms with Crippen molar-refractivity contribution in [2.45, 2.75) is 20.0 Å². The molecule has 0 aromatic carbocycles. The fourth-order valence-electron chi connectivity index (χ4n) is 1.24. The zero-order valence-electron chi connectivity index (χ0n) is 6.89. The first-order chi connectivity index (χ1) is 5.16. The quantitative estimate of drug-likeness (QED) is 0.622. The van der Waals surface area contributed by atoms with Crippen molar-refractivity contribution >= 4 is 0 Å². The van der Waals surface area contributed by atoms with E-state index in [9.17, 15) is 5.11 Å². The maximum absolute atomic E-state index is 9.44. The van der Waals surface area contributed by atoms with E-state index in [1.165, 1.54) is 6.08 Å². The lowest BCUT2D eigenvalue weighted by Crippen LogP contribution is -1.94. The summed E-state index contributed by atoms with van der Waals surface area (Å²) in [6.45, 7) is 7.44. The van der Waals surface area contributed by atoms with E-state index >= 15 is 0 Å². The van der Waals surface area contributed by atoms with E-state index in [1.807, 2.05) is 20.0 Å². The molecule has 0 radical (unpaired) electrons. The summed E-state index contributed by atoms with van der Waals surface area (Å²) in [5.74, 6) is 0. The highest BCUT2D eigenvalue weighted by molar-refractivity contribution is 5.32. The standard InChI is InChI=1S/C9H13NO/c1-4-8(11)9-6(2)5-10-7(9)3/h4-5,8,10-11H,1H2,2-3H3. The number of aliphatic hydroxyl groups is 1. The Morgan fingerprint density at radius 3 is 2.64 bits per heavy atom. The molecule has 0 saturated carbocycles. The van der Waals surface area contributed by atoms with Crippen LogP contribution in [0.1, 0.15) is 22.9 Å². The fourth-order valence-corrected chi connectivity index (χ4v) is 1.24. The largest absolute Gasteiger partial charge is 0.384 e. The van der Waals surface area contributed by atoms with Crippen LogP contribution in [0.5, 0.6) is 0 Å². The molecule has 2 nitrogen and oxygen atoms in total. The van der Waals surface area contributed by atoms with Gasteiger partial charge in [0.1, 0.15) is 0 Å². The molecule has 0 spiro atoms. The van der Waals surface area contributed by atoms with Crippen molar-refractivity contribution in [2.75, 3.05) is 0 Å². The molecule has 1 unspecified atom stereocenters. The van der Waals surface area contributed by atoms with Crippen molar-refractivity contribution < 1.29 is 5.11 Å². The van der Waals surface area contributed by atoms with Gasteiger partial charge < -0.3 is 10.1 Å². The van der Waals surface area contributed by atoms with E-state index in [0.29, 0.717) is 0 Å². The van der Waals surface area contributed by atoms with Gasteiger partial charge in [-0.25, -0.2) is 0 Å². The minimum atomic E-state index is -0.541. The Balaban J connectivity index is 3.09. The van der Waals surface area contributed by atoms with Crippen molar-refractivity contribution in [1.82, 2.24) is 4.98 Å². The van der Waals surface area contributed by atoms with Gasteiger partial charge in [-0.3, -0.25) is 0 Å². The lowest BCUT2D eigenvalue weighted by molar-refractivity contribution is 0.228. The van der Waals surface area contributed by atoms with Gasteiger partial charge >= 0.3 is 0 Å². The molecule has 1 atom stereocenters. The number of hydrogen-bond donors (Lipinski definition) is 2. The molecule has 0 aliphatic rings. The Morgan fingerprint density at radius 2 is 2.27 bits per heavy atom. The Labute approximate surface area is 66.6 Å². The number of rotatable bonds is 2. The third kappa shape index (κ3) is 1.35. The summed E-state index contributed by atoms with van der Waals surface area (Å²) in [5, 5.41) is 9.44. The van der Waals surface area contributed by atoms with Gasteiger partial charge in [0.25, 0.3) is 0 Å². The maximum Gasteiger partial charge on any atom is 0.0988 e. The molecule has 11 heavy (non-hydrogen) atoms. The number of nitrogens with one attached hydrogen (secondary N) is 1. The smallest absolute Gasteiger partial charge is 0.0988 e. The molecule has 60 valence electrons. The Morgan fingerprint density at radius 1 is 1.64 bits per heavy atom. The first kappa shape index (κ1) is 8.08. The highest BCUT2D eigenvalue weighted by Gasteiger charge is 2.10. The summed E-state index contributed by atoms with van der Waals surface area (Å²) in [6.07, 6.45) is 2.88.